The van der Waals surface area contributed by atoms with E-state index in [0.29, 0.717) is 24.6 Å². The third kappa shape index (κ3) is 4.30. The van der Waals surface area contributed by atoms with Gasteiger partial charge < -0.3 is 14.4 Å². The van der Waals surface area contributed by atoms with E-state index < -0.39 is 11.9 Å². The molecule has 1 aromatic heterocycles. The van der Waals surface area contributed by atoms with Gasteiger partial charge >= 0.3 is 6.18 Å². The highest BCUT2D eigenvalue weighted by Crippen LogP contribution is 2.33. The Labute approximate surface area is 161 Å². The summed E-state index contributed by atoms with van der Waals surface area (Å²) in [4.78, 5) is 11.6. The van der Waals surface area contributed by atoms with Gasteiger partial charge in [0, 0.05) is 44.5 Å². The first-order chi connectivity index (χ1) is 13.3. The Kier molecular flexibility index (Phi) is 5.93. The summed E-state index contributed by atoms with van der Waals surface area (Å²) in [6.45, 7) is 2.17. The maximum Gasteiger partial charge on any atom is 0.433 e. The Morgan fingerprint density at radius 3 is 2.68 bits per heavy atom. The molecule has 28 heavy (non-hydrogen) atoms. The molecule has 3 rings (SSSR count). The number of benzene rings is 1. The number of halogens is 3. The van der Waals surface area contributed by atoms with E-state index in [1.54, 1.807) is 26.2 Å². The fourth-order valence-corrected chi connectivity index (χ4v) is 3.43. The highest BCUT2D eigenvalue weighted by molar-refractivity contribution is 5.46. The van der Waals surface area contributed by atoms with Crippen molar-refractivity contribution in [2.75, 3.05) is 39.3 Å². The van der Waals surface area contributed by atoms with Crippen LogP contribution < -0.4 is 14.4 Å². The van der Waals surface area contributed by atoms with Crippen LogP contribution in [0.2, 0.25) is 0 Å². The van der Waals surface area contributed by atoms with Gasteiger partial charge in [-0.25, -0.2) is 9.97 Å². The van der Waals surface area contributed by atoms with Gasteiger partial charge in [-0.3, -0.25) is 4.90 Å². The van der Waals surface area contributed by atoms with Crippen LogP contribution >= 0.6 is 0 Å². The van der Waals surface area contributed by atoms with E-state index >= 15 is 0 Å². The van der Waals surface area contributed by atoms with E-state index in [1.165, 1.54) is 0 Å². The number of aromatic nitrogens is 2. The molecule has 0 aliphatic carbocycles. The van der Waals surface area contributed by atoms with Gasteiger partial charge in [-0.2, -0.15) is 13.2 Å². The van der Waals surface area contributed by atoms with Crippen LogP contribution in [0.5, 0.6) is 11.5 Å². The molecule has 1 aliphatic rings. The largest absolute Gasteiger partial charge is 0.493 e. The Bertz CT molecular complexity index is 816. The van der Waals surface area contributed by atoms with Crippen LogP contribution in [-0.2, 0) is 12.7 Å². The quantitative estimate of drug-likeness (QED) is 0.747. The minimum Gasteiger partial charge on any atom is -0.493 e. The predicted molar refractivity (Wildman–Crippen MR) is 98.7 cm³/mol. The van der Waals surface area contributed by atoms with Crippen molar-refractivity contribution in [1.82, 2.24) is 14.9 Å². The van der Waals surface area contributed by atoms with Gasteiger partial charge in [0.25, 0.3) is 0 Å². The van der Waals surface area contributed by atoms with Crippen molar-refractivity contribution in [3.05, 3.63) is 41.7 Å². The first-order valence-electron chi connectivity index (χ1n) is 8.88. The number of methoxy groups -OCH3 is 2. The van der Waals surface area contributed by atoms with Gasteiger partial charge in [-0.05, 0) is 18.6 Å². The molecule has 1 atom stereocenters. The summed E-state index contributed by atoms with van der Waals surface area (Å²) in [6.07, 6.45) is -2.53. The normalized spacial score (nSPS) is 17.6. The first-order valence-corrected chi connectivity index (χ1v) is 8.88. The summed E-state index contributed by atoms with van der Waals surface area (Å²) in [5.74, 6) is 1.45. The zero-order chi connectivity index (χ0) is 20.3. The van der Waals surface area contributed by atoms with Crippen molar-refractivity contribution >= 4 is 5.95 Å². The summed E-state index contributed by atoms with van der Waals surface area (Å²) < 4.78 is 49.5. The maximum absolute atomic E-state index is 12.9. The highest BCUT2D eigenvalue weighted by atomic mass is 19.4. The van der Waals surface area contributed by atoms with Crippen molar-refractivity contribution in [1.29, 1.82) is 0 Å². The second-order valence-corrected chi connectivity index (χ2v) is 6.68. The van der Waals surface area contributed by atoms with Crippen LogP contribution in [-0.4, -0.2) is 55.3 Å². The molecule has 1 aliphatic heterocycles. The van der Waals surface area contributed by atoms with E-state index in [1.807, 2.05) is 18.2 Å². The summed E-state index contributed by atoms with van der Waals surface area (Å²) in [6, 6.07) is 6.64. The van der Waals surface area contributed by atoms with E-state index in [9.17, 15) is 13.2 Å². The SMILES string of the molecule is COc1cccc(CN2CCC(N(C)c3nccc(C(F)(F)F)n3)C2)c1OC. The standard InChI is InChI=1S/C19H23F3N4O2/c1-25(18-23-9-7-16(24-18)19(20,21)22)14-8-10-26(12-14)11-13-5-4-6-15(27-2)17(13)28-3/h4-7,9,14H,8,10-12H2,1-3H3. The second-order valence-electron chi connectivity index (χ2n) is 6.68. The lowest BCUT2D eigenvalue weighted by atomic mass is 10.1. The minimum absolute atomic E-state index is 0.0279. The number of hydrogen-bond donors (Lipinski definition) is 0. The van der Waals surface area contributed by atoms with Gasteiger partial charge in [-0.15, -0.1) is 0 Å². The molecule has 2 heterocycles. The molecule has 0 N–H and O–H groups in total. The zero-order valence-corrected chi connectivity index (χ0v) is 16.0. The van der Waals surface area contributed by atoms with E-state index in [2.05, 4.69) is 14.9 Å². The van der Waals surface area contributed by atoms with E-state index in [-0.39, 0.29) is 12.0 Å². The van der Waals surface area contributed by atoms with E-state index in [4.69, 9.17) is 9.47 Å². The molecule has 0 spiro atoms. The fourth-order valence-electron chi connectivity index (χ4n) is 3.43. The molecular weight excluding hydrogens is 373 g/mol. The smallest absolute Gasteiger partial charge is 0.433 e. The number of anilines is 1. The lowest BCUT2D eigenvalue weighted by molar-refractivity contribution is -0.141. The molecule has 152 valence electrons. The number of hydrogen-bond acceptors (Lipinski definition) is 6. The van der Waals surface area contributed by atoms with Crippen molar-refractivity contribution in [2.45, 2.75) is 25.2 Å². The number of para-hydroxylation sites is 1. The highest BCUT2D eigenvalue weighted by Gasteiger charge is 2.34. The first kappa shape index (κ1) is 20.2. The van der Waals surface area contributed by atoms with Gasteiger partial charge in [0.05, 0.1) is 14.2 Å². The molecule has 0 amide bonds. The van der Waals surface area contributed by atoms with Gasteiger partial charge in [-0.1, -0.05) is 12.1 Å². The monoisotopic (exact) mass is 396 g/mol. The Balaban J connectivity index is 1.69. The van der Waals surface area contributed by atoms with Crippen LogP contribution in [0.3, 0.4) is 0 Å². The lowest BCUT2D eigenvalue weighted by Crippen LogP contribution is -2.35. The maximum atomic E-state index is 12.9. The average molecular weight is 396 g/mol. The Hall–Kier alpha value is -2.55. The summed E-state index contributed by atoms with van der Waals surface area (Å²) in [5.41, 5.74) is 0.0702. The third-order valence-corrected chi connectivity index (χ3v) is 4.92. The molecule has 1 fully saturated rings. The summed E-state index contributed by atoms with van der Waals surface area (Å²) in [7, 11) is 4.93. The lowest BCUT2D eigenvalue weighted by Gasteiger charge is -2.25. The Morgan fingerprint density at radius 1 is 1.21 bits per heavy atom. The average Bonchev–Trinajstić information content (AvgIpc) is 3.15. The van der Waals surface area contributed by atoms with Crippen LogP contribution in [0.15, 0.2) is 30.5 Å². The van der Waals surface area contributed by atoms with Gasteiger partial charge in [0.2, 0.25) is 5.95 Å². The molecule has 1 unspecified atom stereocenters. The van der Waals surface area contributed by atoms with Gasteiger partial charge in [0.1, 0.15) is 5.69 Å². The van der Waals surface area contributed by atoms with Gasteiger partial charge in [0.15, 0.2) is 11.5 Å². The minimum atomic E-state index is -4.48. The number of nitrogens with zero attached hydrogens (tertiary/aromatic N) is 4. The van der Waals surface area contributed by atoms with E-state index in [0.717, 1.165) is 30.8 Å². The zero-order valence-electron chi connectivity index (χ0n) is 16.0. The summed E-state index contributed by atoms with van der Waals surface area (Å²) in [5, 5.41) is 0. The molecule has 2 aromatic rings. The number of alkyl halides is 3. The number of likely N-dealkylation sites (N-methyl/N-ethyl adjacent to an activating group) is 1. The third-order valence-electron chi connectivity index (χ3n) is 4.92. The Morgan fingerprint density at radius 2 is 2.00 bits per heavy atom. The molecular formula is C19H23F3N4O2. The van der Waals surface area contributed by atoms with Crippen LogP contribution in [0, 0.1) is 0 Å². The van der Waals surface area contributed by atoms with Crippen LogP contribution in [0.4, 0.5) is 19.1 Å². The molecule has 0 bridgehead atoms. The van der Waals surface area contributed by atoms with Crippen LogP contribution in [0.25, 0.3) is 0 Å². The predicted octanol–water partition coefficient (Wildman–Crippen LogP) is 3.22. The number of likely N-dealkylation sites (tertiary alicyclic amines) is 1. The number of ether oxygens (including phenoxy) is 2. The summed E-state index contributed by atoms with van der Waals surface area (Å²) >= 11 is 0. The molecule has 0 saturated carbocycles. The molecule has 9 heteroatoms. The van der Waals surface area contributed by atoms with Crippen molar-refractivity contribution in [2.24, 2.45) is 0 Å². The molecule has 1 aromatic carbocycles. The van der Waals surface area contributed by atoms with Crippen molar-refractivity contribution in [3.8, 4) is 11.5 Å². The van der Waals surface area contributed by atoms with Crippen molar-refractivity contribution in [3.63, 3.8) is 0 Å². The number of rotatable bonds is 6. The fraction of sp³-hybridized carbons (Fsp3) is 0.474. The molecule has 0 radical (unpaired) electrons. The van der Waals surface area contributed by atoms with Crippen molar-refractivity contribution < 1.29 is 22.6 Å². The molecule has 6 nitrogen and oxygen atoms in total. The second kappa shape index (κ2) is 8.22. The molecule has 1 saturated heterocycles. The van der Waals surface area contributed by atoms with Crippen LogP contribution in [0.1, 0.15) is 17.7 Å². The topological polar surface area (TPSA) is 50.7 Å².